The van der Waals surface area contributed by atoms with E-state index in [-0.39, 0.29) is 6.03 Å². The van der Waals surface area contributed by atoms with E-state index in [1.54, 1.807) is 26.4 Å². The highest BCUT2D eigenvalue weighted by atomic mass is 16.5. The highest BCUT2D eigenvalue weighted by Crippen LogP contribution is 2.12. The minimum Gasteiger partial charge on any atom is -0.475 e. The summed E-state index contributed by atoms with van der Waals surface area (Å²) >= 11 is 0. The van der Waals surface area contributed by atoms with E-state index in [0.29, 0.717) is 31.4 Å². The van der Waals surface area contributed by atoms with Gasteiger partial charge in [0, 0.05) is 20.3 Å². The van der Waals surface area contributed by atoms with Gasteiger partial charge < -0.3 is 24.8 Å². The molecule has 1 aromatic heterocycles. The first-order valence-corrected chi connectivity index (χ1v) is 6.63. The fraction of sp³-hybridized carbons (Fsp3) is 0.571. The molecule has 7 nitrogen and oxygen atoms in total. The van der Waals surface area contributed by atoms with Gasteiger partial charge in [0.25, 0.3) is 0 Å². The third-order valence-electron chi connectivity index (χ3n) is 2.49. The Morgan fingerprint density at radius 3 is 2.57 bits per heavy atom. The van der Waals surface area contributed by atoms with Crippen LogP contribution in [0.5, 0.6) is 5.88 Å². The summed E-state index contributed by atoms with van der Waals surface area (Å²) in [6.07, 6.45) is 1.53. The van der Waals surface area contributed by atoms with E-state index in [1.165, 1.54) is 6.20 Å². The van der Waals surface area contributed by atoms with Crippen molar-refractivity contribution >= 4 is 11.7 Å². The normalized spacial score (nSPS) is 11.0. The third-order valence-corrected chi connectivity index (χ3v) is 2.49. The number of nitrogens with zero attached hydrogens (tertiary/aromatic N) is 1. The number of rotatable bonds is 8. The molecule has 0 aromatic carbocycles. The van der Waals surface area contributed by atoms with Crippen LogP contribution in [0.1, 0.15) is 13.8 Å². The van der Waals surface area contributed by atoms with Crippen LogP contribution in [-0.4, -0.2) is 50.6 Å². The second-order valence-corrected chi connectivity index (χ2v) is 5.12. The van der Waals surface area contributed by atoms with Gasteiger partial charge in [0.15, 0.2) is 0 Å². The quantitative estimate of drug-likeness (QED) is 0.713. The van der Waals surface area contributed by atoms with Crippen LogP contribution in [-0.2, 0) is 9.47 Å². The number of anilines is 1. The zero-order chi connectivity index (χ0) is 15.7. The number of hydrogen-bond donors (Lipinski definition) is 2. The summed E-state index contributed by atoms with van der Waals surface area (Å²) in [6, 6.07) is 3.09. The van der Waals surface area contributed by atoms with Crippen LogP contribution in [0.25, 0.3) is 0 Å². The predicted octanol–water partition coefficient (Wildman–Crippen LogP) is 1.65. The summed E-state index contributed by atoms with van der Waals surface area (Å²) in [5, 5.41) is 5.51. The van der Waals surface area contributed by atoms with Gasteiger partial charge >= 0.3 is 6.03 Å². The lowest BCUT2D eigenvalue weighted by atomic mass is 10.1. The van der Waals surface area contributed by atoms with Crippen molar-refractivity contribution in [2.75, 3.05) is 39.4 Å². The lowest BCUT2D eigenvalue weighted by molar-refractivity contribution is 0.133. The Hall–Kier alpha value is -1.86. The molecule has 0 bridgehead atoms. The van der Waals surface area contributed by atoms with E-state index in [2.05, 4.69) is 15.6 Å². The number of aromatic nitrogens is 1. The van der Waals surface area contributed by atoms with Gasteiger partial charge in [0.05, 0.1) is 30.6 Å². The van der Waals surface area contributed by atoms with Crippen LogP contribution < -0.4 is 15.4 Å². The van der Waals surface area contributed by atoms with Crippen LogP contribution in [0.3, 0.4) is 0 Å². The molecule has 0 saturated carbocycles. The van der Waals surface area contributed by atoms with Crippen LogP contribution in [0, 0.1) is 0 Å². The van der Waals surface area contributed by atoms with Crippen LogP contribution in [0.15, 0.2) is 18.3 Å². The maximum Gasteiger partial charge on any atom is 0.319 e. The second-order valence-electron chi connectivity index (χ2n) is 5.12. The molecule has 0 fully saturated rings. The molecule has 2 N–H and O–H groups in total. The van der Waals surface area contributed by atoms with Gasteiger partial charge in [-0.3, -0.25) is 0 Å². The zero-order valence-electron chi connectivity index (χ0n) is 12.9. The molecule has 0 aliphatic carbocycles. The largest absolute Gasteiger partial charge is 0.475 e. The Morgan fingerprint density at radius 2 is 2.00 bits per heavy atom. The van der Waals surface area contributed by atoms with E-state index < -0.39 is 5.54 Å². The average Bonchev–Trinajstić information content (AvgIpc) is 2.40. The fourth-order valence-corrected chi connectivity index (χ4v) is 1.64. The Bertz CT molecular complexity index is 434. The minimum atomic E-state index is -0.449. The molecule has 2 amide bonds. The lowest BCUT2D eigenvalue weighted by Crippen LogP contribution is -2.48. The van der Waals surface area contributed by atoms with Crippen molar-refractivity contribution in [2.45, 2.75) is 19.4 Å². The number of carbonyl (C=O) groups excluding carboxylic acids is 1. The van der Waals surface area contributed by atoms with E-state index in [9.17, 15) is 4.79 Å². The molecule has 0 aliphatic rings. The topological polar surface area (TPSA) is 81.7 Å². The Labute approximate surface area is 125 Å². The zero-order valence-corrected chi connectivity index (χ0v) is 12.9. The van der Waals surface area contributed by atoms with Crippen molar-refractivity contribution in [1.29, 1.82) is 0 Å². The van der Waals surface area contributed by atoms with Crippen LogP contribution in [0.4, 0.5) is 10.5 Å². The molecule has 0 aliphatic heterocycles. The number of nitrogens with one attached hydrogen (secondary N) is 2. The molecule has 1 aromatic rings. The van der Waals surface area contributed by atoms with Gasteiger partial charge in [0.1, 0.15) is 6.61 Å². The van der Waals surface area contributed by atoms with Gasteiger partial charge in [-0.1, -0.05) is 0 Å². The molecule has 0 unspecified atom stereocenters. The molecular weight excluding hydrogens is 274 g/mol. The highest BCUT2D eigenvalue weighted by Gasteiger charge is 2.20. The highest BCUT2D eigenvalue weighted by molar-refractivity contribution is 5.89. The Morgan fingerprint density at radius 1 is 1.24 bits per heavy atom. The second kappa shape index (κ2) is 8.43. The summed E-state index contributed by atoms with van der Waals surface area (Å²) in [5.74, 6) is 0.484. The number of pyridine rings is 1. The number of methoxy groups -OCH3 is 2. The molecule has 118 valence electrons. The van der Waals surface area contributed by atoms with Crippen molar-refractivity contribution in [3.05, 3.63) is 18.3 Å². The van der Waals surface area contributed by atoms with Gasteiger partial charge in [-0.2, -0.15) is 0 Å². The van der Waals surface area contributed by atoms with Crippen molar-refractivity contribution in [3.8, 4) is 5.88 Å². The number of ether oxygens (including phenoxy) is 3. The van der Waals surface area contributed by atoms with Crippen molar-refractivity contribution in [3.63, 3.8) is 0 Å². The van der Waals surface area contributed by atoms with Crippen LogP contribution in [0.2, 0.25) is 0 Å². The first-order valence-electron chi connectivity index (χ1n) is 6.63. The predicted molar refractivity (Wildman–Crippen MR) is 79.7 cm³/mol. The number of hydrogen-bond acceptors (Lipinski definition) is 5. The van der Waals surface area contributed by atoms with Crippen LogP contribution >= 0.6 is 0 Å². The lowest BCUT2D eigenvalue weighted by Gasteiger charge is -2.25. The van der Waals surface area contributed by atoms with Gasteiger partial charge in [-0.25, -0.2) is 9.78 Å². The smallest absolute Gasteiger partial charge is 0.319 e. The summed E-state index contributed by atoms with van der Waals surface area (Å²) in [5.41, 5.74) is 0.134. The minimum absolute atomic E-state index is 0.313. The summed E-state index contributed by atoms with van der Waals surface area (Å²) in [7, 11) is 3.20. The molecule has 0 radical (unpaired) electrons. The Kier molecular flexibility index (Phi) is 6.90. The molecule has 0 spiro atoms. The molecule has 7 heteroatoms. The maximum atomic E-state index is 11.8. The summed E-state index contributed by atoms with van der Waals surface area (Å²) in [6.45, 7) is 5.10. The van der Waals surface area contributed by atoms with Crippen molar-refractivity contribution in [1.82, 2.24) is 10.3 Å². The van der Waals surface area contributed by atoms with E-state index in [1.807, 2.05) is 13.8 Å². The number of urea groups is 1. The SMILES string of the molecule is COCCOc1ccc(NC(=O)NC(C)(C)COC)cn1. The first-order chi connectivity index (χ1) is 9.96. The molecule has 1 heterocycles. The third kappa shape index (κ3) is 6.92. The molecule has 1 rings (SSSR count). The summed E-state index contributed by atoms with van der Waals surface area (Å²) < 4.78 is 15.3. The molecule has 0 atom stereocenters. The van der Waals surface area contributed by atoms with E-state index in [0.717, 1.165) is 0 Å². The monoisotopic (exact) mass is 297 g/mol. The molecular formula is C14H23N3O4. The summed E-state index contributed by atoms with van der Waals surface area (Å²) in [4.78, 5) is 15.9. The van der Waals surface area contributed by atoms with Gasteiger partial charge in [-0.15, -0.1) is 0 Å². The van der Waals surface area contributed by atoms with Gasteiger partial charge in [-0.05, 0) is 19.9 Å². The van der Waals surface area contributed by atoms with Crippen molar-refractivity contribution < 1.29 is 19.0 Å². The Balaban J connectivity index is 2.46. The number of carbonyl (C=O) groups is 1. The van der Waals surface area contributed by atoms with E-state index >= 15 is 0 Å². The van der Waals surface area contributed by atoms with Gasteiger partial charge in [0.2, 0.25) is 5.88 Å². The van der Waals surface area contributed by atoms with Crippen molar-refractivity contribution in [2.24, 2.45) is 0 Å². The fourth-order valence-electron chi connectivity index (χ4n) is 1.64. The average molecular weight is 297 g/mol. The number of amides is 2. The molecule has 21 heavy (non-hydrogen) atoms. The maximum absolute atomic E-state index is 11.8. The standard InChI is InChI=1S/C14H23N3O4/c1-14(2,10-20-4)17-13(18)16-11-5-6-12(15-9-11)21-8-7-19-3/h5-6,9H,7-8,10H2,1-4H3,(H2,16,17,18). The first kappa shape index (κ1) is 17.2. The van der Waals surface area contributed by atoms with E-state index in [4.69, 9.17) is 14.2 Å². The molecule has 0 saturated heterocycles.